The van der Waals surface area contributed by atoms with Crippen molar-refractivity contribution in [1.82, 2.24) is 0 Å². The number of nitrogens with zero attached hydrogens (tertiary/aromatic N) is 2. The maximum absolute atomic E-state index is 13.2. The second-order valence-corrected chi connectivity index (χ2v) is 4.68. The van der Waals surface area contributed by atoms with Crippen LogP contribution in [0.4, 0.5) is 10.1 Å². The third kappa shape index (κ3) is 2.32. The van der Waals surface area contributed by atoms with Gasteiger partial charge in [0.15, 0.2) is 5.78 Å². The molecule has 5 nitrogen and oxygen atoms in total. The second-order valence-electron chi connectivity index (χ2n) is 4.68. The Morgan fingerprint density at radius 2 is 2.26 bits per heavy atom. The van der Waals surface area contributed by atoms with Crippen LogP contribution in [-0.2, 0) is 11.2 Å². The van der Waals surface area contributed by atoms with Crippen LogP contribution in [-0.4, -0.2) is 10.7 Å². The molecule has 1 aromatic carbocycles. The molecular formula is C13H11FN2O3. The highest BCUT2D eigenvalue weighted by atomic mass is 19.1. The summed E-state index contributed by atoms with van der Waals surface area (Å²) in [5.74, 6) is -0.826. The van der Waals surface area contributed by atoms with Crippen molar-refractivity contribution in [2.24, 2.45) is 5.41 Å². The first-order chi connectivity index (χ1) is 8.98. The highest BCUT2D eigenvalue weighted by Gasteiger charge is 2.43. The molecule has 0 spiro atoms. The fourth-order valence-electron chi connectivity index (χ4n) is 2.47. The smallest absolute Gasteiger partial charge is 0.272 e. The minimum absolute atomic E-state index is 0.0989. The monoisotopic (exact) mass is 262 g/mol. The van der Waals surface area contributed by atoms with Crippen LogP contribution in [0.1, 0.15) is 24.8 Å². The molecule has 0 aliphatic heterocycles. The van der Waals surface area contributed by atoms with Crippen LogP contribution < -0.4 is 0 Å². The van der Waals surface area contributed by atoms with E-state index < -0.39 is 16.2 Å². The predicted octanol–water partition coefficient (Wildman–Crippen LogP) is 2.54. The van der Waals surface area contributed by atoms with E-state index in [0.717, 1.165) is 18.2 Å². The van der Waals surface area contributed by atoms with E-state index in [9.17, 15) is 24.6 Å². The van der Waals surface area contributed by atoms with E-state index in [2.05, 4.69) is 0 Å². The number of hydrogen-bond acceptors (Lipinski definition) is 4. The van der Waals surface area contributed by atoms with Crippen LogP contribution in [0.15, 0.2) is 18.2 Å². The van der Waals surface area contributed by atoms with Crippen molar-refractivity contribution in [3.05, 3.63) is 39.7 Å². The number of halogens is 1. The van der Waals surface area contributed by atoms with Gasteiger partial charge < -0.3 is 0 Å². The van der Waals surface area contributed by atoms with Gasteiger partial charge in [0.25, 0.3) is 5.69 Å². The van der Waals surface area contributed by atoms with Crippen LogP contribution >= 0.6 is 0 Å². The Kier molecular flexibility index (Phi) is 3.30. The van der Waals surface area contributed by atoms with Gasteiger partial charge in [-0.3, -0.25) is 14.9 Å². The first kappa shape index (κ1) is 13.1. The Balaban J connectivity index is 2.43. The van der Waals surface area contributed by atoms with Crippen LogP contribution in [0.25, 0.3) is 0 Å². The predicted molar refractivity (Wildman–Crippen MR) is 63.7 cm³/mol. The number of rotatable bonds is 3. The quantitative estimate of drug-likeness (QED) is 0.619. The maximum Gasteiger partial charge on any atom is 0.272 e. The normalized spacial score (nSPS) is 22.2. The zero-order valence-electron chi connectivity index (χ0n) is 10.1. The lowest BCUT2D eigenvalue weighted by molar-refractivity contribution is -0.385. The van der Waals surface area contributed by atoms with Gasteiger partial charge in [0.1, 0.15) is 11.2 Å². The summed E-state index contributed by atoms with van der Waals surface area (Å²) in [6.45, 7) is 0. The minimum Gasteiger partial charge on any atom is -0.298 e. The first-order valence-electron chi connectivity index (χ1n) is 5.86. The van der Waals surface area contributed by atoms with Crippen LogP contribution in [0, 0.1) is 32.7 Å². The Morgan fingerprint density at radius 3 is 2.79 bits per heavy atom. The summed E-state index contributed by atoms with van der Waals surface area (Å²) < 4.78 is 13.2. The molecule has 0 radical (unpaired) electrons. The molecule has 0 saturated heterocycles. The van der Waals surface area contributed by atoms with E-state index in [-0.39, 0.29) is 23.5 Å². The van der Waals surface area contributed by atoms with E-state index in [1.807, 2.05) is 6.07 Å². The minimum atomic E-state index is -1.24. The van der Waals surface area contributed by atoms with Gasteiger partial charge >= 0.3 is 0 Å². The van der Waals surface area contributed by atoms with Crippen LogP contribution in [0.3, 0.4) is 0 Å². The van der Waals surface area contributed by atoms with Gasteiger partial charge in [-0.05, 0) is 25.0 Å². The van der Waals surface area contributed by atoms with Gasteiger partial charge in [-0.1, -0.05) is 0 Å². The van der Waals surface area contributed by atoms with Gasteiger partial charge in [0, 0.05) is 24.5 Å². The lowest BCUT2D eigenvalue weighted by Gasteiger charge is -2.18. The number of Topliss-reactive ketones (excluding diaryl/α,β-unsaturated/α-hetero) is 1. The molecule has 1 fully saturated rings. The molecular weight excluding hydrogens is 251 g/mol. The lowest BCUT2D eigenvalue weighted by Crippen LogP contribution is -2.26. The average molecular weight is 262 g/mol. The molecule has 1 aliphatic rings. The van der Waals surface area contributed by atoms with Gasteiger partial charge in [0.05, 0.1) is 11.0 Å². The first-order valence-corrected chi connectivity index (χ1v) is 5.86. The lowest BCUT2D eigenvalue weighted by atomic mass is 9.80. The molecule has 1 aliphatic carbocycles. The van der Waals surface area contributed by atoms with Gasteiger partial charge in [-0.15, -0.1) is 0 Å². The number of ketones is 1. The zero-order valence-corrected chi connectivity index (χ0v) is 10.1. The molecule has 1 saturated carbocycles. The Morgan fingerprint density at radius 1 is 1.53 bits per heavy atom. The molecule has 0 bridgehead atoms. The largest absolute Gasteiger partial charge is 0.298 e. The molecule has 0 amide bonds. The molecule has 0 heterocycles. The van der Waals surface area contributed by atoms with E-state index in [1.165, 1.54) is 0 Å². The van der Waals surface area contributed by atoms with Crippen molar-refractivity contribution >= 4 is 11.5 Å². The van der Waals surface area contributed by atoms with Crippen LogP contribution in [0.5, 0.6) is 0 Å². The van der Waals surface area contributed by atoms with E-state index in [1.54, 1.807) is 0 Å². The van der Waals surface area contributed by atoms with Crippen molar-refractivity contribution in [2.75, 3.05) is 0 Å². The summed E-state index contributed by atoms with van der Waals surface area (Å²) in [5.41, 5.74) is -1.39. The molecule has 1 aromatic rings. The highest BCUT2D eigenvalue weighted by molar-refractivity contribution is 5.89. The second kappa shape index (κ2) is 4.76. The fraction of sp³-hybridized carbons (Fsp3) is 0.385. The summed E-state index contributed by atoms with van der Waals surface area (Å²) in [4.78, 5) is 22.1. The van der Waals surface area contributed by atoms with Crippen LogP contribution in [0.2, 0.25) is 0 Å². The van der Waals surface area contributed by atoms with Crippen molar-refractivity contribution in [3.63, 3.8) is 0 Å². The number of nitriles is 1. The van der Waals surface area contributed by atoms with Gasteiger partial charge in [0.2, 0.25) is 0 Å². The molecule has 0 aromatic heterocycles. The van der Waals surface area contributed by atoms with Gasteiger partial charge in [-0.2, -0.15) is 5.26 Å². The number of nitro groups is 1. The third-order valence-corrected chi connectivity index (χ3v) is 3.49. The van der Waals surface area contributed by atoms with E-state index in [4.69, 9.17) is 0 Å². The summed E-state index contributed by atoms with van der Waals surface area (Å²) in [6.07, 6.45) is 1.17. The van der Waals surface area contributed by atoms with Gasteiger partial charge in [-0.25, -0.2) is 4.39 Å². The summed E-state index contributed by atoms with van der Waals surface area (Å²) in [6, 6.07) is 5.06. The molecule has 19 heavy (non-hydrogen) atoms. The third-order valence-electron chi connectivity index (χ3n) is 3.49. The Hall–Kier alpha value is -2.29. The molecule has 98 valence electrons. The Bertz CT molecular complexity index is 594. The summed E-state index contributed by atoms with van der Waals surface area (Å²) >= 11 is 0. The summed E-state index contributed by atoms with van der Waals surface area (Å²) in [7, 11) is 0. The average Bonchev–Trinajstić information content (AvgIpc) is 2.71. The molecule has 6 heteroatoms. The maximum atomic E-state index is 13.2. The van der Waals surface area contributed by atoms with Crippen molar-refractivity contribution < 1.29 is 14.1 Å². The number of benzene rings is 1. The number of hydrogen-bond donors (Lipinski definition) is 0. The number of carbonyl (C=O) groups excluding carboxylic acids is 1. The zero-order chi connectivity index (χ0) is 14.0. The topological polar surface area (TPSA) is 84.0 Å². The van der Waals surface area contributed by atoms with Crippen molar-refractivity contribution in [3.8, 4) is 6.07 Å². The standard InChI is InChI=1S/C13H11FN2O3/c14-10-3-4-11(16(18)19)9(6-10)7-13(8-15)5-1-2-12(13)17/h3-4,6H,1-2,5,7H2. The van der Waals surface area contributed by atoms with E-state index in [0.29, 0.717) is 19.3 Å². The number of nitro benzene ring substituents is 1. The molecule has 1 unspecified atom stereocenters. The highest BCUT2D eigenvalue weighted by Crippen LogP contribution is 2.39. The molecule has 1 atom stereocenters. The fourth-order valence-corrected chi connectivity index (χ4v) is 2.47. The molecule has 2 rings (SSSR count). The Labute approximate surface area is 108 Å². The number of carbonyl (C=O) groups is 1. The van der Waals surface area contributed by atoms with Crippen molar-refractivity contribution in [1.29, 1.82) is 5.26 Å². The molecule has 0 N–H and O–H groups in total. The van der Waals surface area contributed by atoms with Crippen molar-refractivity contribution in [2.45, 2.75) is 25.7 Å². The SMILES string of the molecule is N#CC1(Cc2cc(F)ccc2[N+](=O)[O-])CCCC1=O. The summed E-state index contributed by atoms with van der Waals surface area (Å²) in [5, 5.41) is 20.1. The van der Waals surface area contributed by atoms with E-state index >= 15 is 0 Å².